The van der Waals surface area contributed by atoms with Gasteiger partial charge in [0, 0.05) is 5.69 Å². The van der Waals surface area contributed by atoms with Gasteiger partial charge in [-0.2, -0.15) is 0 Å². The summed E-state index contributed by atoms with van der Waals surface area (Å²) in [5.41, 5.74) is 3.89. The molecule has 5 heteroatoms. The molecule has 4 nitrogen and oxygen atoms in total. The van der Waals surface area contributed by atoms with Crippen molar-refractivity contribution in [1.82, 2.24) is 4.98 Å². The Bertz CT molecular complexity index is 563. The lowest BCUT2D eigenvalue weighted by atomic mass is 10.2. The molecule has 0 saturated carbocycles. The topological polar surface area (TPSA) is 62.2 Å². The maximum absolute atomic E-state index is 11.9. The van der Waals surface area contributed by atoms with Crippen LogP contribution in [0.3, 0.4) is 0 Å². The van der Waals surface area contributed by atoms with Gasteiger partial charge >= 0.3 is 0 Å². The highest BCUT2D eigenvalue weighted by molar-refractivity contribution is 7.12. The summed E-state index contributed by atoms with van der Waals surface area (Å²) in [4.78, 5) is 16.6. The van der Waals surface area contributed by atoms with Crippen LogP contribution in [0.2, 0.25) is 0 Å². The minimum atomic E-state index is -0.168. The lowest BCUT2D eigenvalue weighted by Gasteiger charge is -2.07. The zero-order valence-electron chi connectivity index (χ0n) is 9.52. The first kappa shape index (κ1) is 11.6. The molecule has 0 atom stereocenters. The lowest BCUT2D eigenvalue weighted by molar-refractivity contribution is 0.102. The van der Waals surface area contributed by atoms with Crippen LogP contribution in [-0.2, 0) is 0 Å². The number of aryl methyl sites for hydroxylation is 2. The molecule has 17 heavy (non-hydrogen) atoms. The molecule has 1 aromatic carbocycles. The number of phenols is 1. The first-order chi connectivity index (χ1) is 8.08. The Labute approximate surface area is 103 Å². The molecule has 1 amide bonds. The number of hydrogen-bond donors (Lipinski definition) is 2. The van der Waals surface area contributed by atoms with E-state index in [4.69, 9.17) is 0 Å². The van der Waals surface area contributed by atoms with Crippen LogP contribution in [0.25, 0.3) is 0 Å². The van der Waals surface area contributed by atoms with E-state index in [1.54, 1.807) is 30.6 Å². The summed E-state index contributed by atoms with van der Waals surface area (Å²) >= 11 is 1.31. The van der Waals surface area contributed by atoms with E-state index in [-0.39, 0.29) is 11.7 Å². The molecule has 2 rings (SSSR count). The summed E-state index contributed by atoms with van der Waals surface area (Å²) in [6, 6.07) is 4.83. The van der Waals surface area contributed by atoms with Crippen LogP contribution in [0.1, 0.15) is 20.9 Å². The monoisotopic (exact) mass is 248 g/mol. The zero-order chi connectivity index (χ0) is 12.4. The van der Waals surface area contributed by atoms with Gasteiger partial charge in [0.15, 0.2) is 0 Å². The minimum Gasteiger partial charge on any atom is -0.508 e. The van der Waals surface area contributed by atoms with Crippen LogP contribution in [-0.4, -0.2) is 16.0 Å². The maximum atomic E-state index is 11.9. The van der Waals surface area contributed by atoms with E-state index in [9.17, 15) is 9.90 Å². The van der Waals surface area contributed by atoms with Gasteiger partial charge in [0.25, 0.3) is 5.91 Å². The van der Waals surface area contributed by atoms with E-state index in [1.807, 2.05) is 6.92 Å². The number of thiazole rings is 1. The van der Waals surface area contributed by atoms with Crippen molar-refractivity contribution < 1.29 is 9.90 Å². The molecule has 2 N–H and O–H groups in total. The van der Waals surface area contributed by atoms with Crippen LogP contribution in [0.5, 0.6) is 5.75 Å². The second-order valence-electron chi connectivity index (χ2n) is 3.72. The number of carbonyl (C=O) groups excluding carboxylic acids is 1. The van der Waals surface area contributed by atoms with E-state index < -0.39 is 0 Å². The molecule has 0 aliphatic rings. The summed E-state index contributed by atoms with van der Waals surface area (Å²) in [7, 11) is 0. The van der Waals surface area contributed by atoms with Crippen molar-refractivity contribution in [1.29, 1.82) is 0 Å². The number of nitrogens with zero attached hydrogens (tertiary/aromatic N) is 1. The largest absolute Gasteiger partial charge is 0.508 e. The van der Waals surface area contributed by atoms with Gasteiger partial charge in [0.2, 0.25) is 0 Å². The third kappa shape index (κ3) is 2.45. The molecule has 0 saturated heterocycles. The van der Waals surface area contributed by atoms with Crippen LogP contribution in [0, 0.1) is 13.8 Å². The zero-order valence-corrected chi connectivity index (χ0v) is 10.3. The molecule has 0 spiro atoms. The Morgan fingerprint density at radius 1 is 1.41 bits per heavy atom. The van der Waals surface area contributed by atoms with Crippen LogP contribution >= 0.6 is 11.3 Å². The number of aromatic nitrogens is 1. The van der Waals surface area contributed by atoms with Gasteiger partial charge < -0.3 is 10.4 Å². The van der Waals surface area contributed by atoms with E-state index in [1.165, 1.54) is 11.3 Å². The molecule has 0 aliphatic carbocycles. The second kappa shape index (κ2) is 4.55. The highest BCUT2D eigenvalue weighted by Crippen LogP contribution is 2.22. The van der Waals surface area contributed by atoms with Gasteiger partial charge in [-0.1, -0.05) is 0 Å². The molecule has 1 aromatic heterocycles. The molecule has 0 bridgehead atoms. The molecular formula is C12H12N2O2S. The van der Waals surface area contributed by atoms with E-state index in [0.29, 0.717) is 10.6 Å². The molecule has 0 aliphatic heterocycles. The van der Waals surface area contributed by atoms with Crippen molar-refractivity contribution in [3.63, 3.8) is 0 Å². The third-order valence-electron chi connectivity index (χ3n) is 2.41. The highest BCUT2D eigenvalue weighted by Gasteiger charge is 2.12. The van der Waals surface area contributed by atoms with Crippen molar-refractivity contribution >= 4 is 22.9 Å². The number of amides is 1. The highest BCUT2D eigenvalue weighted by atomic mass is 32.1. The van der Waals surface area contributed by atoms with E-state index in [0.717, 1.165) is 11.3 Å². The number of aromatic hydroxyl groups is 1. The first-order valence-corrected chi connectivity index (χ1v) is 5.97. The average Bonchev–Trinajstić information content (AvgIpc) is 2.68. The quantitative estimate of drug-likeness (QED) is 0.803. The van der Waals surface area contributed by atoms with Gasteiger partial charge in [-0.15, -0.1) is 11.3 Å². The number of rotatable bonds is 2. The molecule has 88 valence electrons. The number of carbonyl (C=O) groups is 1. The van der Waals surface area contributed by atoms with Gasteiger partial charge in [-0.05, 0) is 37.6 Å². The lowest BCUT2D eigenvalue weighted by Crippen LogP contribution is -2.12. The molecule has 0 unspecified atom stereocenters. The first-order valence-electron chi connectivity index (χ1n) is 5.09. The molecule has 1 heterocycles. The molecule has 0 fully saturated rings. The smallest absolute Gasteiger partial charge is 0.267 e. The van der Waals surface area contributed by atoms with E-state index >= 15 is 0 Å². The normalized spacial score (nSPS) is 10.2. The van der Waals surface area contributed by atoms with Crippen molar-refractivity contribution in [3.05, 3.63) is 39.8 Å². The minimum absolute atomic E-state index is 0.168. The Kier molecular flexibility index (Phi) is 3.10. The van der Waals surface area contributed by atoms with Crippen molar-refractivity contribution in [2.75, 3.05) is 5.32 Å². The van der Waals surface area contributed by atoms with Gasteiger partial charge in [-0.3, -0.25) is 4.79 Å². The molecule has 0 radical (unpaired) electrons. The summed E-state index contributed by atoms with van der Waals surface area (Å²) in [5.74, 6) is 0.0215. The summed E-state index contributed by atoms with van der Waals surface area (Å²) in [5, 5.41) is 12.1. The van der Waals surface area contributed by atoms with Crippen molar-refractivity contribution in [2.24, 2.45) is 0 Å². The van der Waals surface area contributed by atoms with Crippen LogP contribution in [0.15, 0.2) is 23.7 Å². The number of hydrogen-bond acceptors (Lipinski definition) is 4. The predicted octanol–water partition coefficient (Wildman–Crippen LogP) is 2.72. The Morgan fingerprint density at radius 3 is 2.76 bits per heavy atom. The fourth-order valence-corrected chi connectivity index (χ4v) is 2.18. The van der Waals surface area contributed by atoms with Gasteiger partial charge in [-0.25, -0.2) is 4.98 Å². The van der Waals surface area contributed by atoms with Crippen LogP contribution in [0.4, 0.5) is 5.69 Å². The number of phenolic OH excluding ortho intramolecular Hbond substituents is 1. The fourth-order valence-electron chi connectivity index (χ4n) is 1.49. The number of benzene rings is 1. The van der Waals surface area contributed by atoms with Gasteiger partial charge in [0.1, 0.15) is 10.6 Å². The number of nitrogens with one attached hydrogen (secondary N) is 1. The third-order valence-corrected chi connectivity index (χ3v) is 3.34. The summed E-state index contributed by atoms with van der Waals surface area (Å²) in [6.45, 7) is 3.63. The fraction of sp³-hybridized carbons (Fsp3) is 0.167. The Balaban J connectivity index is 2.22. The van der Waals surface area contributed by atoms with Crippen molar-refractivity contribution in [2.45, 2.75) is 13.8 Å². The maximum Gasteiger partial charge on any atom is 0.267 e. The van der Waals surface area contributed by atoms with Crippen LogP contribution < -0.4 is 5.32 Å². The summed E-state index contributed by atoms with van der Waals surface area (Å²) < 4.78 is 0. The SMILES string of the molecule is Cc1cc(O)ccc1NC(=O)c1scnc1C. The van der Waals surface area contributed by atoms with Crippen molar-refractivity contribution in [3.8, 4) is 5.75 Å². The Morgan fingerprint density at radius 2 is 2.18 bits per heavy atom. The summed E-state index contributed by atoms with van der Waals surface area (Å²) in [6.07, 6.45) is 0. The standard InChI is InChI=1S/C12H12N2O2S/c1-7-5-9(15)3-4-10(7)14-12(16)11-8(2)13-6-17-11/h3-6,15H,1-2H3,(H,14,16). The predicted molar refractivity (Wildman–Crippen MR) is 67.6 cm³/mol. The van der Waals surface area contributed by atoms with Gasteiger partial charge in [0.05, 0.1) is 11.2 Å². The number of anilines is 1. The second-order valence-corrected chi connectivity index (χ2v) is 4.58. The molecular weight excluding hydrogens is 236 g/mol. The average molecular weight is 248 g/mol. The Hall–Kier alpha value is -1.88. The van der Waals surface area contributed by atoms with E-state index in [2.05, 4.69) is 10.3 Å². The molecule has 2 aromatic rings.